The molecule has 2 N–H and O–H groups in total. The van der Waals surface area contributed by atoms with Crippen LogP contribution in [0.25, 0.3) is 11.1 Å². The van der Waals surface area contributed by atoms with Gasteiger partial charge in [-0.15, -0.1) is 0 Å². The number of urea groups is 1. The van der Waals surface area contributed by atoms with E-state index in [9.17, 15) is 14.4 Å². The lowest BCUT2D eigenvalue weighted by atomic mass is 9.91. The topological polar surface area (TPSA) is 78.5 Å². The van der Waals surface area contributed by atoms with E-state index in [2.05, 4.69) is 10.6 Å². The Morgan fingerprint density at radius 2 is 1.58 bits per heavy atom. The monoisotopic (exact) mass is 413 g/mol. The number of hydrogen-bond acceptors (Lipinski definition) is 3. The Morgan fingerprint density at radius 3 is 2.29 bits per heavy atom. The Balaban J connectivity index is 1.52. The van der Waals surface area contributed by atoms with Gasteiger partial charge in [-0.25, -0.2) is 4.79 Å². The molecule has 0 spiro atoms. The van der Waals surface area contributed by atoms with Gasteiger partial charge in [-0.05, 0) is 31.0 Å². The van der Waals surface area contributed by atoms with Crippen LogP contribution in [0, 0.1) is 6.92 Å². The van der Waals surface area contributed by atoms with Gasteiger partial charge in [-0.2, -0.15) is 0 Å². The smallest absolute Gasteiger partial charge is 0.324 e. The van der Waals surface area contributed by atoms with E-state index in [0.29, 0.717) is 11.3 Å². The number of nitrogens with zero attached hydrogens (tertiary/aromatic N) is 1. The zero-order valence-electron chi connectivity index (χ0n) is 17.4. The molecule has 156 valence electrons. The van der Waals surface area contributed by atoms with E-state index in [4.69, 9.17) is 0 Å². The average Bonchev–Trinajstić information content (AvgIpc) is 2.99. The van der Waals surface area contributed by atoms with Crippen LogP contribution in [0.2, 0.25) is 0 Å². The zero-order chi connectivity index (χ0) is 22.0. The van der Waals surface area contributed by atoms with Crippen molar-refractivity contribution in [2.24, 2.45) is 0 Å². The minimum atomic E-state index is -1.20. The molecule has 3 aromatic carbocycles. The third-order valence-corrected chi connectivity index (χ3v) is 5.49. The van der Waals surface area contributed by atoms with Gasteiger partial charge in [-0.1, -0.05) is 78.4 Å². The molecule has 0 radical (unpaired) electrons. The summed E-state index contributed by atoms with van der Waals surface area (Å²) in [5.74, 6) is -0.895. The van der Waals surface area contributed by atoms with Gasteiger partial charge in [0, 0.05) is 11.3 Å². The van der Waals surface area contributed by atoms with Crippen LogP contribution in [0.4, 0.5) is 10.5 Å². The molecular formula is C25H23N3O3. The highest BCUT2D eigenvalue weighted by Crippen LogP contribution is 2.30. The number of imide groups is 1. The van der Waals surface area contributed by atoms with E-state index in [1.165, 1.54) is 0 Å². The van der Waals surface area contributed by atoms with Crippen molar-refractivity contribution in [2.45, 2.75) is 19.4 Å². The van der Waals surface area contributed by atoms with Gasteiger partial charge >= 0.3 is 6.03 Å². The SMILES string of the molecule is Cc1ccc(C2(C)NC(=O)N(CC(=O)Nc3ccccc3-c3ccccc3)C2=O)cc1. The van der Waals surface area contributed by atoms with E-state index in [0.717, 1.165) is 21.6 Å². The summed E-state index contributed by atoms with van der Waals surface area (Å²) >= 11 is 0. The molecule has 6 heteroatoms. The molecule has 4 rings (SSSR count). The lowest BCUT2D eigenvalue weighted by molar-refractivity contribution is -0.133. The summed E-state index contributed by atoms with van der Waals surface area (Å²) in [6.07, 6.45) is 0. The molecular weight excluding hydrogens is 390 g/mol. The molecule has 6 nitrogen and oxygen atoms in total. The summed E-state index contributed by atoms with van der Waals surface area (Å²) in [5.41, 5.74) is 2.96. The molecule has 3 aromatic rings. The number of carbonyl (C=O) groups is 3. The molecule has 1 fully saturated rings. The molecule has 1 aliphatic heterocycles. The number of aryl methyl sites for hydroxylation is 1. The zero-order valence-corrected chi connectivity index (χ0v) is 17.4. The van der Waals surface area contributed by atoms with Gasteiger partial charge in [0.25, 0.3) is 5.91 Å². The Morgan fingerprint density at radius 1 is 0.935 bits per heavy atom. The number of anilines is 1. The quantitative estimate of drug-likeness (QED) is 0.619. The van der Waals surface area contributed by atoms with E-state index in [1.807, 2.05) is 79.7 Å². The van der Waals surface area contributed by atoms with Crippen LogP contribution in [0.5, 0.6) is 0 Å². The van der Waals surface area contributed by atoms with E-state index in [1.54, 1.807) is 13.0 Å². The normalized spacial score (nSPS) is 18.1. The summed E-state index contributed by atoms with van der Waals surface area (Å²) in [6, 6.07) is 23.9. The summed E-state index contributed by atoms with van der Waals surface area (Å²) in [6.45, 7) is 3.24. The van der Waals surface area contributed by atoms with Gasteiger partial charge in [0.05, 0.1) is 0 Å². The first-order valence-corrected chi connectivity index (χ1v) is 10.0. The molecule has 0 aromatic heterocycles. The van der Waals surface area contributed by atoms with Crippen LogP contribution in [-0.4, -0.2) is 29.3 Å². The van der Waals surface area contributed by atoms with Gasteiger partial charge < -0.3 is 10.6 Å². The van der Waals surface area contributed by atoms with E-state index in [-0.39, 0.29) is 6.54 Å². The largest absolute Gasteiger partial charge is 0.325 e. The van der Waals surface area contributed by atoms with Crippen LogP contribution in [0.3, 0.4) is 0 Å². The number of amides is 4. The Labute approximate surface area is 180 Å². The molecule has 1 saturated heterocycles. The predicted molar refractivity (Wildman–Crippen MR) is 119 cm³/mol. The Hall–Kier alpha value is -3.93. The van der Waals surface area contributed by atoms with Crippen molar-refractivity contribution in [1.82, 2.24) is 10.2 Å². The van der Waals surface area contributed by atoms with Crippen LogP contribution in [0.1, 0.15) is 18.1 Å². The Bertz CT molecular complexity index is 1140. The lowest BCUT2D eigenvalue weighted by Crippen LogP contribution is -2.42. The van der Waals surface area contributed by atoms with E-state index < -0.39 is 23.4 Å². The molecule has 1 atom stereocenters. The summed E-state index contributed by atoms with van der Waals surface area (Å²) < 4.78 is 0. The second-order valence-electron chi connectivity index (χ2n) is 7.77. The first kappa shape index (κ1) is 20.3. The number of hydrogen-bond donors (Lipinski definition) is 2. The van der Waals surface area contributed by atoms with Gasteiger partial charge in [-0.3, -0.25) is 14.5 Å². The molecule has 1 unspecified atom stereocenters. The van der Waals surface area contributed by atoms with Crippen molar-refractivity contribution < 1.29 is 14.4 Å². The van der Waals surface area contributed by atoms with Crippen molar-refractivity contribution >= 4 is 23.5 Å². The average molecular weight is 413 g/mol. The van der Waals surface area contributed by atoms with Crippen molar-refractivity contribution in [3.05, 3.63) is 90.0 Å². The second-order valence-corrected chi connectivity index (χ2v) is 7.77. The lowest BCUT2D eigenvalue weighted by Gasteiger charge is -2.22. The first-order chi connectivity index (χ1) is 14.9. The number of nitrogens with one attached hydrogen (secondary N) is 2. The first-order valence-electron chi connectivity index (χ1n) is 10.0. The molecule has 1 heterocycles. The highest BCUT2D eigenvalue weighted by molar-refractivity contribution is 6.10. The van der Waals surface area contributed by atoms with Gasteiger partial charge in [0.1, 0.15) is 12.1 Å². The number of benzene rings is 3. The van der Waals surface area contributed by atoms with E-state index >= 15 is 0 Å². The van der Waals surface area contributed by atoms with Gasteiger partial charge in [0.2, 0.25) is 5.91 Å². The summed E-state index contributed by atoms with van der Waals surface area (Å²) in [4.78, 5) is 39.3. The molecule has 31 heavy (non-hydrogen) atoms. The number of para-hydroxylation sites is 1. The maximum atomic E-state index is 13.1. The maximum Gasteiger partial charge on any atom is 0.325 e. The van der Waals surface area contributed by atoms with Gasteiger partial charge in [0.15, 0.2) is 0 Å². The number of carbonyl (C=O) groups excluding carboxylic acids is 3. The molecule has 1 aliphatic rings. The molecule has 0 saturated carbocycles. The predicted octanol–water partition coefficient (Wildman–Crippen LogP) is 4.07. The maximum absolute atomic E-state index is 13.1. The van der Waals surface area contributed by atoms with Crippen molar-refractivity contribution in [1.29, 1.82) is 0 Å². The van der Waals surface area contributed by atoms with Crippen molar-refractivity contribution in [2.75, 3.05) is 11.9 Å². The van der Waals surface area contributed by atoms with Crippen molar-refractivity contribution in [3.8, 4) is 11.1 Å². The Kier molecular flexibility index (Phi) is 5.29. The fraction of sp³-hybridized carbons (Fsp3) is 0.160. The van der Waals surface area contributed by atoms with Crippen LogP contribution in [0.15, 0.2) is 78.9 Å². The fourth-order valence-corrected chi connectivity index (χ4v) is 3.72. The van der Waals surface area contributed by atoms with Crippen LogP contribution < -0.4 is 10.6 Å². The number of rotatable bonds is 5. The third kappa shape index (κ3) is 3.92. The fourth-order valence-electron chi connectivity index (χ4n) is 3.72. The minimum Gasteiger partial charge on any atom is -0.324 e. The third-order valence-electron chi connectivity index (χ3n) is 5.49. The standard InChI is InChI=1S/C25H23N3O3/c1-17-12-14-19(15-13-17)25(2)23(30)28(24(31)27-25)16-22(29)26-21-11-7-6-10-20(21)18-8-4-3-5-9-18/h3-15H,16H2,1-2H3,(H,26,29)(H,27,31). The van der Waals surface area contributed by atoms with Crippen LogP contribution in [-0.2, 0) is 15.1 Å². The van der Waals surface area contributed by atoms with Crippen LogP contribution >= 0.6 is 0 Å². The van der Waals surface area contributed by atoms with Crippen molar-refractivity contribution in [3.63, 3.8) is 0 Å². The summed E-state index contributed by atoms with van der Waals surface area (Å²) in [7, 11) is 0. The molecule has 0 aliphatic carbocycles. The summed E-state index contributed by atoms with van der Waals surface area (Å²) in [5, 5.41) is 5.57. The highest BCUT2D eigenvalue weighted by atomic mass is 16.2. The minimum absolute atomic E-state index is 0.366. The second kappa shape index (κ2) is 8.07. The highest BCUT2D eigenvalue weighted by Gasteiger charge is 2.49. The molecule has 4 amide bonds. The molecule has 0 bridgehead atoms.